The highest BCUT2D eigenvalue weighted by Crippen LogP contribution is 2.20. The van der Waals surface area contributed by atoms with Crippen molar-refractivity contribution in [2.75, 3.05) is 5.32 Å². The van der Waals surface area contributed by atoms with Crippen molar-refractivity contribution < 1.29 is 0 Å². The van der Waals surface area contributed by atoms with E-state index in [9.17, 15) is 0 Å². The second kappa shape index (κ2) is 5.00. The Bertz CT molecular complexity index is 756. The molecular weight excluding hydrogens is 246 g/mol. The van der Waals surface area contributed by atoms with Gasteiger partial charge in [0.15, 0.2) is 0 Å². The van der Waals surface area contributed by atoms with Gasteiger partial charge in [0, 0.05) is 13.6 Å². The highest BCUT2D eigenvalue weighted by Gasteiger charge is 2.08. The van der Waals surface area contributed by atoms with Crippen molar-refractivity contribution in [3.8, 4) is 0 Å². The molecule has 0 amide bonds. The van der Waals surface area contributed by atoms with Gasteiger partial charge in [0.05, 0.1) is 17.1 Å². The van der Waals surface area contributed by atoms with Gasteiger partial charge in [0.1, 0.15) is 0 Å². The molecule has 0 bridgehead atoms. The lowest BCUT2D eigenvalue weighted by molar-refractivity contribution is 0.731. The fourth-order valence-electron chi connectivity index (χ4n) is 2.57. The monoisotopic (exact) mass is 265 g/mol. The summed E-state index contributed by atoms with van der Waals surface area (Å²) in [6.45, 7) is 4.94. The molecule has 0 saturated heterocycles. The number of anilines is 1. The Balaban J connectivity index is 1.83. The largest absolute Gasteiger partial charge is 0.378 e. The Labute approximate surface area is 119 Å². The molecule has 1 aromatic heterocycles. The third-order valence-corrected chi connectivity index (χ3v) is 3.79. The number of rotatable bonds is 3. The molecule has 20 heavy (non-hydrogen) atoms. The molecule has 0 radical (unpaired) electrons. The maximum Gasteiger partial charge on any atom is 0.0827 e. The fourth-order valence-corrected chi connectivity index (χ4v) is 2.57. The number of nitrogens with one attached hydrogen (secondary N) is 1. The number of fused-ring (bicyclic) bond motifs is 1. The number of aryl methyl sites for hydroxylation is 2. The zero-order valence-corrected chi connectivity index (χ0v) is 12.1. The van der Waals surface area contributed by atoms with E-state index in [-0.39, 0.29) is 0 Å². The molecule has 102 valence electrons. The molecule has 0 saturated carbocycles. The highest BCUT2D eigenvalue weighted by atomic mass is 15.3. The van der Waals surface area contributed by atoms with Crippen LogP contribution in [0.4, 0.5) is 5.69 Å². The summed E-state index contributed by atoms with van der Waals surface area (Å²) in [5, 5.41) is 10.5. The van der Waals surface area contributed by atoms with Crippen molar-refractivity contribution in [1.82, 2.24) is 9.78 Å². The van der Waals surface area contributed by atoms with Crippen molar-refractivity contribution in [1.29, 1.82) is 0 Å². The maximum absolute atomic E-state index is 4.43. The lowest BCUT2D eigenvalue weighted by atomic mass is 10.1. The predicted molar refractivity (Wildman–Crippen MR) is 84.0 cm³/mol. The molecule has 3 rings (SSSR count). The van der Waals surface area contributed by atoms with E-state index in [1.54, 1.807) is 0 Å². The van der Waals surface area contributed by atoms with E-state index < -0.39 is 0 Å². The van der Waals surface area contributed by atoms with E-state index in [0.717, 1.165) is 17.9 Å². The smallest absolute Gasteiger partial charge is 0.0827 e. The van der Waals surface area contributed by atoms with Crippen LogP contribution in [-0.4, -0.2) is 9.78 Å². The average Bonchev–Trinajstić information content (AvgIpc) is 2.70. The Morgan fingerprint density at radius 1 is 1.05 bits per heavy atom. The van der Waals surface area contributed by atoms with Gasteiger partial charge in [0.2, 0.25) is 0 Å². The second-order valence-corrected chi connectivity index (χ2v) is 5.20. The lowest BCUT2D eigenvalue weighted by Gasteiger charge is -2.08. The number of benzene rings is 2. The second-order valence-electron chi connectivity index (χ2n) is 5.20. The Kier molecular flexibility index (Phi) is 3.18. The number of hydrogen-bond acceptors (Lipinski definition) is 2. The van der Waals surface area contributed by atoms with E-state index in [1.165, 1.54) is 22.0 Å². The van der Waals surface area contributed by atoms with E-state index in [0.29, 0.717) is 0 Å². The summed E-state index contributed by atoms with van der Waals surface area (Å²) in [4.78, 5) is 0. The molecule has 0 fully saturated rings. The first-order valence-electron chi connectivity index (χ1n) is 6.87. The number of hydrogen-bond donors (Lipinski definition) is 1. The van der Waals surface area contributed by atoms with Crippen molar-refractivity contribution in [2.45, 2.75) is 20.4 Å². The minimum absolute atomic E-state index is 0.818. The van der Waals surface area contributed by atoms with Crippen LogP contribution in [0.25, 0.3) is 10.8 Å². The number of nitrogens with zero attached hydrogens (tertiary/aromatic N) is 2. The van der Waals surface area contributed by atoms with Gasteiger partial charge in [-0.3, -0.25) is 4.68 Å². The van der Waals surface area contributed by atoms with Crippen LogP contribution in [0.15, 0.2) is 42.5 Å². The van der Waals surface area contributed by atoms with Crippen LogP contribution in [0.1, 0.15) is 17.0 Å². The SMILES string of the molecule is Cc1nn(C)c(C)c1NCc1ccc2ccccc2c1. The van der Waals surface area contributed by atoms with E-state index in [1.807, 2.05) is 18.7 Å². The van der Waals surface area contributed by atoms with Crippen LogP contribution in [-0.2, 0) is 13.6 Å². The normalized spacial score (nSPS) is 10.9. The van der Waals surface area contributed by atoms with E-state index in [4.69, 9.17) is 0 Å². The molecule has 0 aliphatic heterocycles. The molecule has 1 heterocycles. The van der Waals surface area contributed by atoms with Crippen molar-refractivity contribution >= 4 is 16.5 Å². The van der Waals surface area contributed by atoms with Crippen LogP contribution in [0.3, 0.4) is 0 Å². The Morgan fingerprint density at radius 2 is 1.80 bits per heavy atom. The minimum Gasteiger partial charge on any atom is -0.378 e. The maximum atomic E-state index is 4.43. The summed E-state index contributed by atoms with van der Waals surface area (Å²) in [5.41, 5.74) is 4.64. The van der Waals surface area contributed by atoms with E-state index in [2.05, 4.69) is 59.8 Å². The van der Waals surface area contributed by atoms with Crippen molar-refractivity contribution in [2.24, 2.45) is 7.05 Å². The van der Waals surface area contributed by atoms with Crippen LogP contribution < -0.4 is 5.32 Å². The summed E-state index contributed by atoms with van der Waals surface area (Å²) in [7, 11) is 1.98. The zero-order chi connectivity index (χ0) is 14.1. The first-order valence-corrected chi connectivity index (χ1v) is 6.87. The van der Waals surface area contributed by atoms with Crippen molar-refractivity contribution in [3.63, 3.8) is 0 Å². The summed E-state index contributed by atoms with van der Waals surface area (Å²) in [6.07, 6.45) is 0. The Morgan fingerprint density at radius 3 is 2.50 bits per heavy atom. The van der Waals surface area contributed by atoms with Crippen LogP contribution in [0, 0.1) is 13.8 Å². The molecule has 0 aliphatic carbocycles. The third-order valence-electron chi connectivity index (χ3n) is 3.79. The van der Waals surface area contributed by atoms with Gasteiger partial charge in [-0.25, -0.2) is 0 Å². The first-order chi connectivity index (χ1) is 9.65. The van der Waals surface area contributed by atoms with Crippen LogP contribution >= 0.6 is 0 Å². The standard InChI is InChI=1S/C17H19N3/c1-12-17(13(2)20(3)19-12)18-11-14-8-9-15-6-4-5-7-16(15)10-14/h4-10,18H,11H2,1-3H3. The van der Waals surface area contributed by atoms with Crippen LogP contribution in [0.2, 0.25) is 0 Å². The molecule has 3 aromatic rings. The quantitative estimate of drug-likeness (QED) is 0.780. The minimum atomic E-state index is 0.818. The molecule has 3 nitrogen and oxygen atoms in total. The highest BCUT2D eigenvalue weighted by molar-refractivity contribution is 5.83. The van der Waals surface area contributed by atoms with E-state index >= 15 is 0 Å². The number of aromatic nitrogens is 2. The lowest BCUT2D eigenvalue weighted by Crippen LogP contribution is -2.01. The molecule has 1 N–H and O–H groups in total. The van der Waals surface area contributed by atoms with Gasteiger partial charge in [-0.15, -0.1) is 0 Å². The zero-order valence-electron chi connectivity index (χ0n) is 12.1. The summed E-state index contributed by atoms with van der Waals surface area (Å²) >= 11 is 0. The fraction of sp³-hybridized carbons (Fsp3) is 0.235. The van der Waals surface area contributed by atoms with Gasteiger partial charge in [-0.1, -0.05) is 36.4 Å². The topological polar surface area (TPSA) is 29.9 Å². The molecule has 0 atom stereocenters. The van der Waals surface area contributed by atoms with Gasteiger partial charge in [0.25, 0.3) is 0 Å². The van der Waals surface area contributed by atoms with Gasteiger partial charge in [-0.2, -0.15) is 5.10 Å². The predicted octanol–water partition coefficient (Wildman–Crippen LogP) is 3.80. The molecule has 0 unspecified atom stereocenters. The van der Waals surface area contributed by atoms with Gasteiger partial charge in [-0.05, 0) is 36.2 Å². The summed E-state index contributed by atoms with van der Waals surface area (Å²) in [6, 6.07) is 15.0. The van der Waals surface area contributed by atoms with Gasteiger partial charge < -0.3 is 5.32 Å². The van der Waals surface area contributed by atoms with Crippen LogP contribution in [0.5, 0.6) is 0 Å². The molecule has 3 heteroatoms. The molecular formula is C17H19N3. The summed E-state index contributed by atoms with van der Waals surface area (Å²) < 4.78 is 1.91. The molecule has 0 aliphatic rings. The van der Waals surface area contributed by atoms with Gasteiger partial charge >= 0.3 is 0 Å². The molecule has 0 spiro atoms. The third kappa shape index (κ3) is 2.27. The summed E-state index contributed by atoms with van der Waals surface area (Å²) in [5.74, 6) is 0. The Hall–Kier alpha value is -2.29. The molecule has 2 aromatic carbocycles. The first kappa shape index (κ1) is 12.7. The van der Waals surface area contributed by atoms with Crippen molar-refractivity contribution in [3.05, 3.63) is 59.4 Å². The average molecular weight is 265 g/mol.